The van der Waals surface area contributed by atoms with Crippen molar-refractivity contribution in [2.75, 3.05) is 6.61 Å². The van der Waals surface area contributed by atoms with Crippen LogP contribution in [-0.4, -0.2) is 34.9 Å². The summed E-state index contributed by atoms with van der Waals surface area (Å²) in [6, 6.07) is -0.557. The van der Waals surface area contributed by atoms with Gasteiger partial charge in [-0.1, -0.05) is 170 Å². The molecule has 0 aliphatic carbocycles. The van der Waals surface area contributed by atoms with E-state index in [1.165, 1.54) is 51.4 Å². The molecule has 3 N–H and O–H groups in total. The number of nitrogens with one attached hydrogen (secondary N) is 1. The maximum Gasteiger partial charge on any atom is 0.220 e. The highest BCUT2D eigenvalue weighted by Crippen LogP contribution is 2.13. The van der Waals surface area contributed by atoms with E-state index in [4.69, 9.17) is 0 Å². The Morgan fingerprint density at radius 2 is 0.936 bits per heavy atom. The molecule has 268 valence electrons. The standard InChI is InChI=1S/C43H73NO3/c1-3-5-7-9-11-13-15-16-17-18-19-20-21-22-23-24-25-26-27-28-29-31-33-35-37-39-43(47)44-41(40-45)42(46)38-36-34-32-30-14-12-10-8-6-4-2/h5,7,11,13,16-17,19-20,22-23,25-26,28-29,41-42,45-46H,3-4,6,8-10,12,14-15,18,21,24,27,30-40H2,1-2H3,(H,44,47)/b7-5-,13-11-,17-16-,20-19-,23-22-,26-25-,29-28-. The van der Waals surface area contributed by atoms with Crippen molar-refractivity contribution in [2.45, 2.75) is 174 Å². The summed E-state index contributed by atoms with van der Waals surface area (Å²) in [5.74, 6) is -0.0700. The molecule has 0 aromatic heterocycles. The molecule has 1 amide bonds. The Hall–Kier alpha value is -2.43. The van der Waals surface area contributed by atoms with Crippen LogP contribution in [0.2, 0.25) is 0 Å². The predicted molar refractivity (Wildman–Crippen MR) is 207 cm³/mol. The summed E-state index contributed by atoms with van der Waals surface area (Å²) in [5, 5.41) is 23.0. The monoisotopic (exact) mass is 652 g/mol. The normalized spacial score (nSPS) is 14.0. The number of carbonyl (C=O) groups excluding carboxylic acids is 1. The Labute approximate surface area is 291 Å². The molecule has 0 aromatic rings. The number of hydrogen-bond acceptors (Lipinski definition) is 3. The number of amides is 1. The van der Waals surface area contributed by atoms with Gasteiger partial charge < -0.3 is 15.5 Å². The van der Waals surface area contributed by atoms with E-state index in [1.807, 2.05) is 0 Å². The van der Waals surface area contributed by atoms with Crippen LogP contribution in [0, 0.1) is 0 Å². The van der Waals surface area contributed by atoms with Gasteiger partial charge in [0.2, 0.25) is 5.91 Å². The fraction of sp³-hybridized carbons (Fsp3) is 0.651. The van der Waals surface area contributed by atoms with Gasteiger partial charge in [0.1, 0.15) is 0 Å². The van der Waals surface area contributed by atoms with Crippen molar-refractivity contribution in [2.24, 2.45) is 0 Å². The second-order valence-electron chi connectivity index (χ2n) is 12.6. The third-order valence-corrected chi connectivity index (χ3v) is 8.17. The topological polar surface area (TPSA) is 69.6 Å². The second-order valence-corrected chi connectivity index (χ2v) is 12.6. The van der Waals surface area contributed by atoms with E-state index in [9.17, 15) is 15.0 Å². The highest BCUT2D eigenvalue weighted by Gasteiger charge is 2.19. The van der Waals surface area contributed by atoms with Gasteiger partial charge in [-0.05, 0) is 70.6 Å². The molecule has 0 radical (unpaired) electrons. The summed E-state index contributed by atoms with van der Waals surface area (Å²) in [5.41, 5.74) is 0. The van der Waals surface area contributed by atoms with E-state index < -0.39 is 12.1 Å². The van der Waals surface area contributed by atoms with Crippen LogP contribution in [0.15, 0.2) is 85.1 Å². The molecule has 0 fully saturated rings. The van der Waals surface area contributed by atoms with Crippen molar-refractivity contribution in [1.82, 2.24) is 5.32 Å². The summed E-state index contributed by atoms with van der Waals surface area (Å²) in [6.45, 7) is 4.19. The zero-order valence-electron chi connectivity index (χ0n) is 30.5. The van der Waals surface area contributed by atoms with Gasteiger partial charge in [-0.3, -0.25) is 4.79 Å². The van der Waals surface area contributed by atoms with Gasteiger partial charge >= 0.3 is 0 Å². The van der Waals surface area contributed by atoms with E-state index >= 15 is 0 Å². The van der Waals surface area contributed by atoms with Crippen LogP contribution in [0.25, 0.3) is 0 Å². The molecule has 0 heterocycles. The molecule has 0 spiro atoms. The van der Waals surface area contributed by atoms with Gasteiger partial charge in [0, 0.05) is 6.42 Å². The first-order valence-corrected chi connectivity index (χ1v) is 19.3. The number of allylic oxidation sites excluding steroid dienone is 14. The first-order chi connectivity index (χ1) is 23.2. The molecule has 0 saturated carbocycles. The van der Waals surface area contributed by atoms with E-state index in [2.05, 4.69) is 104 Å². The maximum atomic E-state index is 12.3. The van der Waals surface area contributed by atoms with Crippen LogP contribution in [0.5, 0.6) is 0 Å². The summed E-state index contributed by atoms with van der Waals surface area (Å²) in [4.78, 5) is 12.3. The summed E-state index contributed by atoms with van der Waals surface area (Å²) < 4.78 is 0. The highest BCUT2D eigenvalue weighted by molar-refractivity contribution is 5.76. The Balaban J connectivity index is 3.71. The second kappa shape index (κ2) is 38.0. The highest BCUT2D eigenvalue weighted by atomic mass is 16.3. The SMILES string of the molecule is CC/C=C\C/C=C\C/C=C\C/C=C\C/C=C\C/C=C\C/C=C\CCCCCC(=O)NC(CO)C(O)CCCCCCCCCCCC. The van der Waals surface area contributed by atoms with Crippen LogP contribution in [0.3, 0.4) is 0 Å². The summed E-state index contributed by atoms with van der Waals surface area (Å²) in [6.07, 6.45) is 55.0. The van der Waals surface area contributed by atoms with Crippen molar-refractivity contribution < 1.29 is 15.0 Å². The minimum absolute atomic E-state index is 0.0700. The molecule has 2 unspecified atom stereocenters. The average molecular weight is 652 g/mol. The number of rotatable bonds is 33. The molecule has 0 aliphatic heterocycles. The molecular weight excluding hydrogens is 578 g/mol. The molecule has 0 saturated heterocycles. The zero-order valence-corrected chi connectivity index (χ0v) is 30.5. The summed E-state index contributed by atoms with van der Waals surface area (Å²) in [7, 11) is 0. The summed E-state index contributed by atoms with van der Waals surface area (Å²) >= 11 is 0. The van der Waals surface area contributed by atoms with Crippen molar-refractivity contribution in [3.8, 4) is 0 Å². The molecular formula is C43H73NO3. The number of unbranched alkanes of at least 4 members (excludes halogenated alkanes) is 12. The number of hydrogen-bond donors (Lipinski definition) is 3. The molecule has 47 heavy (non-hydrogen) atoms. The molecule has 0 bridgehead atoms. The lowest BCUT2D eigenvalue weighted by molar-refractivity contribution is -0.123. The minimum atomic E-state index is -0.677. The van der Waals surface area contributed by atoms with Crippen LogP contribution >= 0.6 is 0 Å². The zero-order chi connectivity index (χ0) is 34.3. The van der Waals surface area contributed by atoms with Crippen molar-refractivity contribution >= 4 is 5.91 Å². The van der Waals surface area contributed by atoms with Gasteiger partial charge in [0.15, 0.2) is 0 Å². The van der Waals surface area contributed by atoms with Crippen LogP contribution in [-0.2, 0) is 4.79 Å². The smallest absolute Gasteiger partial charge is 0.220 e. The lowest BCUT2D eigenvalue weighted by atomic mass is 10.0. The molecule has 4 nitrogen and oxygen atoms in total. The Morgan fingerprint density at radius 1 is 0.532 bits per heavy atom. The number of aliphatic hydroxyl groups is 2. The van der Waals surface area contributed by atoms with Crippen LogP contribution in [0.4, 0.5) is 0 Å². The average Bonchev–Trinajstić information content (AvgIpc) is 3.07. The third-order valence-electron chi connectivity index (χ3n) is 8.17. The maximum absolute atomic E-state index is 12.3. The van der Waals surface area contributed by atoms with Crippen molar-refractivity contribution in [3.63, 3.8) is 0 Å². The van der Waals surface area contributed by atoms with Crippen molar-refractivity contribution in [3.05, 3.63) is 85.1 Å². The first kappa shape index (κ1) is 44.6. The van der Waals surface area contributed by atoms with Crippen molar-refractivity contribution in [1.29, 1.82) is 0 Å². The van der Waals surface area contributed by atoms with Gasteiger partial charge in [0.05, 0.1) is 18.8 Å². The molecule has 0 rings (SSSR count). The lowest BCUT2D eigenvalue weighted by Crippen LogP contribution is -2.45. The van der Waals surface area contributed by atoms with E-state index in [1.54, 1.807) is 0 Å². The van der Waals surface area contributed by atoms with Gasteiger partial charge in [-0.25, -0.2) is 0 Å². The quantitative estimate of drug-likeness (QED) is 0.0488. The number of carbonyl (C=O) groups is 1. The Bertz CT molecular complexity index is 879. The first-order valence-electron chi connectivity index (χ1n) is 19.3. The third kappa shape index (κ3) is 34.7. The van der Waals surface area contributed by atoms with Gasteiger partial charge in [-0.2, -0.15) is 0 Å². The van der Waals surface area contributed by atoms with E-state index in [0.717, 1.165) is 83.5 Å². The van der Waals surface area contributed by atoms with Gasteiger partial charge in [-0.15, -0.1) is 0 Å². The number of aliphatic hydroxyl groups excluding tert-OH is 2. The molecule has 4 heteroatoms. The van der Waals surface area contributed by atoms with Crippen LogP contribution < -0.4 is 5.32 Å². The van der Waals surface area contributed by atoms with Crippen LogP contribution in [0.1, 0.15) is 162 Å². The largest absolute Gasteiger partial charge is 0.394 e. The molecule has 0 aliphatic rings. The molecule has 0 aromatic carbocycles. The predicted octanol–water partition coefficient (Wildman–Crippen LogP) is 11.7. The Morgan fingerprint density at radius 3 is 1.38 bits per heavy atom. The fourth-order valence-electron chi connectivity index (χ4n) is 5.22. The fourth-order valence-corrected chi connectivity index (χ4v) is 5.22. The van der Waals surface area contributed by atoms with Gasteiger partial charge in [0.25, 0.3) is 0 Å². The molecule has 2 atom stereocenters. The van der Waals surface area contributed by atoms with E-state index in [0.29, 0.717) is 12.8 Å². The Kier molecular flexibility index (Phi) is 36.1. The minimum Gasteiger partial charge on any atom is -0.394 e. The van der Waals surface area contributed by atoms with E-state index in [-0.39, 0.29) is 12.5 Å². The lowest BCUT2D eigenvalue weighted by Gasteiger charge is -2.22.